The molecule has 1 aromatic heterocycles. The van der Waals surface area contributed by atoms with E-state index in [1.807, 2.05) is 30.3 Å². The van der Waals surface area contributed by atoms with E-state index >= 15 is 0 Å². The number of aromatic nitrogens is 1. The van der Waals surface area contributed by atoms with Crippen LogP contribution < -0.4 is 11.1 Å². The second kappa shape index (κ2) is 7.57. The lowest BCUT2D eigenvalue weighted by Gasteiger charge is -2.28. The van der Waals surface area contributed by atoms with Crippen LogP contribution in [0.3, 0.4) is 0 Å². The highest BCUT2D eigenvalue weighted by molar-refractivity contribution is 7.13. The highest BCUT2D eigenvalue weighted by atomic mass is 32.1. The maximum Gasteiger partial charge on any atom is 0.271 e. The van der Waals surface area contributed by atoms with Crippen molar-refractivity contribution in [1.82, 2.24) is 10.3 Å². The number of nitrogens with two attached hydrogens (primary N) is 1. The van der Waals surface area contributed by atoms with Gasteiger partial charge in [-0.2, -0.15) is 0 Å². The van der Waals surface area contributed by atoms with E-state index in [4.69, 9.17) is 5.73 Å². The van der Waals surface area contributed by atoms with Crippen molar-refractivity contribution in [3.05, 3.63) is 41.4 Å². The van der Waals surface area contributed by atoms with Crippen LogP contribution in [0.1, 0.15) is 42.6 Å². The van der Waals surface area contributed by atoms with Crippen LogP contribution in [0.5, 0.6) is 0 Å². The zero-order valence-electron chi connectivity index (χ0n) is 13.4. The largest absolute Gasteiger partial charge is 0.368 e. The minimum atomic E-state index is -0.611. The summed E-state index contributed by atoms with van der Waals surface area (Å²) in [5.74, 6) is -0.663. The Morgan fingerprint density at radius 2 is 1.88 bits per heavy atom. The normalized spacial score (nSPS) is 16.5. The average molecular weight is 343 g/mol. The van der Waals surface area contributed by atoms with Crippen molar-refractivity contribution in [3.8, 4) is 10.6 Å². The third-order valence-corrected chi connectivity index (χ3v) is 5.36. The van der Waals surface area contributed by atoms with E-state index in [9.17, 15) is 9.59 Å². The van der Waals surface area contributed by atoms with Gasteiger partial charge in [-0.3, -0.25) is 9.59 Å². The molecule has 24 heavy (non-hydrogen) atoms. The molecule has 1 aliphatic carbocycles. The van der Waals surface area contributed by atoms with Gasteiger partial charge < -0.3 is 11.1 Å². The van der Waals surface area contributed by atoms with Crippen LogP contribution >= 0.6 is 11.3 Å². The van der Waals surface area contributed by atoms with Crippen molar-refractivity contribution >= 4 is 23.2 Å². The van der Waals surface area contributed by atoms with Crippen molar-refractivity contribution in [2.24, 2.45) is 11.7 Å². The highest BCUT2D eigenvalue weighted by Crippen LogP contribution is 2.27. The maximum absolute atomic E-state index is 12.5. The fourth-order valence-corrected chi connectivity index (χ4v) is 4.00. The Kier molecular flexibility index (Phi) is 5.25. The van der Waals surface area contributed by atoms with Gasteiger partial charge in [-0.05, 0) is 18.8 Å². The van der Waals surface area contributed by atoms with Crippen LogP contribution in [-0.4, -0.2) is 22.8 Å². The standard InChI is InChI=1S/C18H21N3O2S/c19-16(22)15(12-7-3-1-4-8-12)21-17(23)14-11-24-18(20-14)13-9-5-2-6-10-13/h2,5-6,9-12,15H,1,3-4,7-8H2,(H2,19,22)(H,21,23)/t15-/m0/s1. The summed E-state index contributed by atoms with van der Waals surface area (Å²) in [4.78, 5) is 28.6. The zero-order valence-corrected chi connectivity index (χ0v) is 14.2. The Morgan fingerprint density at radius 3 is 2.54 bits per heavy atom. The minimum Gasteiger partial charge on any atom is -0.368 e. The molecule has 2 aromatic rings. The molecule has 0 radical (unpaired) electrons. The van der Waals surface area contributed by atoms with Crippen LogP contribution in [0.2, 0.25) is 0 Å². The Hall–Kier alpha value is -2.21. The van der Waals surface area contributed by atoms with Gasteiger partial charge in [0.1, 0.15) is 16.7 Å². The Bertz CT molecular complexity index is 708. The number of thiazole rings is 1. The van der Waals surface area contributed by atoms with Crippen LogP contribution in [-0.2, 0) is 4.79 Å². The van der Waals surface area contributed by atoms with Gasteiger partial charge in [0.2, 0.25) is 5.91 Å². The third-order valence-electron chi connectivity index (χ3n) is 4.47. The predicted molar refractivity (Wildman–Crippen MR) is 94.6 cm³/mol. The van der Waals surface area contributed by atoms with Crippen molar-refractivity contribution in [3.63, 3.8) is 0 Å². The Morgan fingerprint density at radius 1 is 1.17 bits per heavy atom. The summed E-state index contributed by atoms with van der Waals surface area (Å²) < 4.78 is 0. The monoisotopic (exact) mass is 343 g/mol. The number of nitrogens with zero attached hydrogens (tertiary/aromatic N) is 1. The SMILES string of the molecule is NC(=O)[C@@H](NC(=O)c1csc(-c2ccccc2)n1)C1CCCCC1. The molecular formula is C18H21N3O2S. The zero-order chi connectivity index (χ0) is 16.9. The van der Waals surface area contributed by atoms with E-state index in [1.165, 1.54) is 17.8 Å². The first-order valence-corrected chi connectivity index (χ1v) is 9.14. The summed E-state index contributed by atoms with van der Waals surface area (Å²) in [6.07, 6.45) is 5.21. The van der Waals surface area contributed by atoms with Gasteiger partial charge >= 0.3 is 0 Å². The number of amides is 2. The summed E-state index contributed by atoms with van der Waals surface area (Å²) in [7, 11) is 0. The molecule has 0 saturated heterocycles. The number of carbonyl (C=O) groups excluding carboxylic acids is 2. The van der Waals surface area contributed by atoms with E-state index < -0.39 is 11.9 Å². The van der Waals surface area contributed by atoms with Crippen LogP contribution in [0, 0.1) is 5.92 Å². The summed E-state index contributed by atoms with van der Waals surface area (Å²) in [5, 5.41) is 5.30. The molecule has 1 aliphatic rings. The lowest BCUT2D eigenvalue weighted by Crippen LogP contribution is -2.49. The van der Waals surface area contributed by atoms with Gasteiger partial charge in [0.05, 0.1) is 0 Å². The number of nitrogens with one attached hydrogen (secondary N) is 1. The van der Waals surface area contributed by atoms with E-state index in [-0.39, 0.29) is 11.8 Å². The molecule has 2 amide bonds. The predicted octanol–water partition coefficient (Wildman–Crippen LogP) is 2.97. The molecule has 126 valence electrons. The summed E-state index contributed by atoms with van der Waals surface area (Å²) in [5.41, 5.74) is 6.83. The van der Waals surface area contributed by atoms with Crippen molar-refractivity contribution in [2.75, 3.05) is 0 Å². The second-order valence-corrected chi connectivity index (χ2v) is 7.01. The first-order valence-electron chi connectivity index (χ1n) is 8.26. The van der Waals surface area contributed by atoms with Crippen LogP contribution in [0.4, 0.5) is 0 Å². The molecule has 3 N–H and O–H groups in total. The Balaban J connectivity index is 1.71. The molecule has 0 bridgehead atoms. The van der Waals surface area contributed by atoms with E-state index in [1.54, 1.807) is 5.38 Å². The van der Waals surface area contributed by atoms with Crippen LogP contribution in [0.15, 0.2) is 35.7 Å². The molecule has 1 heterocycles. The van der Waals surface area contributed by atoms with Crippen LogP contribution in [0.25, 0.3) is 10.6 Å². The molecule has 1 fully saturated rings. The van der Waals surface area contributed by atoms with E-state index in [0.717, 1.165) is 36.3 Å². The fraction of sp³-hybridized carbons (Fsp3) is 0.389. The molecule has 1 aromatic carbocycles. The maximum atomic E-state index is 12.5. The van der Waals surface area contributed by atoms with Crippen molar-refractivity contribution in [2.45, 2.75) is 38.1 Å². The highest BCUT2D eigenvalue weighted by Gasteiger charge is 2.30. The van der Waals surface area contributed by atoms with Gasteiger partial charge in [-0.1, -0.05) is 49.6 Å². The van der Waals surface area contributed by atoms with E-state index in [0.29, 0.717) is 5.69 Å². The topological polar surface area (TPSA) is 85.1 Å². The number of hydrogen-bond acceptors (Lipinski definition) is 4. The molecule has 5 nitrogen and oxygen atoms in total. The van der Waals surface area contributed by atoms with Crippen molar-refractivity contribution in [1.29, 1.82) is 0 Å². The summed E-state index contributed by atoms with van der Waals surface area (Å²) in [6.45, 7) is 0. The molecule has 3 rings (SSSR count). The lowest BCUT2D eigenvalue weighted by atomic mass is 9.83. The molecule has 0 aliphatic heterocycles. The fourth-order valence-electron chi connectivity index (χ4n) is 3.20. The Labute approximate surface area is 145 Å². The number of benzene rings is 1. The molecule has 1 atom stereocenters. The summed E-state index contributed by atoms with van der Waals surface area (Å²) in [6, 6.07) is 9.10. The smallest absolute Gasteiger partial charge is 0.271 e. The molecule has 0 spiro atoms. The third kappa shape index (κ3) is 3.82. The van der Waals surface area contributed by atoms with Gasteiger partial charge in [0, 0.05) is 10.9 Å². The molecule has 1 saturated carbocycles. The first-order chi connectivity index (χ1) is 11.6. The average Bonchev–Trinajstić information content (AvgIpc) is 3.11. The van der Waals surface area contributed by atoms with Gasteiger partial charge in [0.15, 0.2) is 0 Å². The number of carbonyl (C=O) groups is 2. The molecule has 0 unspecified atom stereocenters. The lowest BCUT2D eigenvalue weighted by molar-refractivity contribution is -0.121. The first kappa shape index (κ1) is 16.6. The van der Waals surface area contributed by atoms with Gasteiger partial charge in [-0.25, -0.2) is 4.98 Å². The number of rotatable bonds is 5. The molecular weight excluding hydrogens is 322 g/mol. The van der Waals surface area contributed by atoms with E-state index in [2.05, 4.69) is 10.3 Å². The number of hydrogen-bond donors (Lipinski definition) is 2. The van der Waals surface area contributed by atoms with Gasteiger partial charge in [-0.15, -0.1) is 11.3 Å². The number of primary amides is 1. The quantitative estimate of drug-likeness (QED) is 0.875. The summed E-state index contributed by atoms with van der Waals surface area (Å²) >= 11 is 1.41. The minimum absolute atomic E-state index is 0.132. The second-order valence-electron chi connectivity index (χ2n) is 6.16. The van der Waals surface area contributed by atoms with Gasteiger partial charge in [0.25, 0.3) is 5.91 Å². The van der Waals surface area contributed by atoms with Crippen molar-refractivity contribution < 1.29 is 9.59 Å². The molecule has 6 heteroatoms.